The van der Waals surface area contributed by atoms with Crippen LogP contribution in [0.5, 0.6) is 0 Å². The number of nitrogens with zero attached hydrogens (tertiary/aromatic N) is 5. The van der Waals surface area contributed by atoms with Crippen LogP contribution in [0.1, 0.15) is 77.5 Å². The summed E-state index contributed by atoms with van der Waals surface area (Å²) in [4.78, 5) is 124. The van der Waals surface area contributed by atoms with Crippen molar-refractivity contribution in [3.8, 4) is 0 Å². The number of likely N-dealkylation sites (N-methyl/N-ethyl adjacent to an activating group) is 1. The van der Waals surface area contributed by atoms with Gasteiger partial charge in [0.15, 0.2) is 5.96 Å². The Morgan fingerprint density at radius 1 is 0.766 bits per heavy atom. The molecule has 0 bridgehead atoms. The maximum Gasteiger partial charge on any atom is 0.261 e. The van der Waals surface area contributed by atoms with Crippen LogP contribution >= 0.6 is 0 Å². The van der Waals surface area contributed by atoms with E-state index < -0.39 is 71.8 Å². The Hall–Kier alpha value is -8.37. The maximum atomic E-state index is 14.3. The van der Waals surface area contributed by atoms with Gasteiger partial charge in [-0.1, -0.05) is 82.5 Å². The van der Waals surface area contributed by atoms with E-state index >= 15 is 0 Å². The summed E-state index contributed by atoms with van der Waals surface area (Å²) in [5, 5.41) is 29.1. The molecule has 5 aromatic rings. The zero-order valence-corrected chi connectivity index (χ0v) is 44.4. The smallest absolute Gasteiger partial charge is 0.261 e. The standard InChI is InChI=1S/C54H73N15O8/c1-6-8-14-43(64-51(75)47(33(3)7-2)62-34(4)70)53(77)68-23-21-67(22-24-68)39-18-19-41-40(28-39)52(76)69(32-61-41)30-46(71)63-42(15-11-20-59-54(55)56)49(73)66-45(27-38-29-58-31-60-38)50(74)65-44(48(72)57-5)26-35-16-17-36-12-9-10-13-37(36)25-35/h9-10,12-13,16-19,25,28-29,31-33,42-45,47H,6-8,11,14-15,20-24,26-27,30H2,1-5H3,(H,57,72)(H,58,60)(H,62,70)(H,63,71)(H,64,75)(H,65,74)(H,66,73)(H4,55,56,59)/t33-,42-,43-,44-,45-,47-/m0/s1. The Bertz CT molecular complexity index is 2940. The first kappa shape index (κ1) is 57.9. The minimum atomic E-state index is -1.26. The highest BCUT2D eigenvalue weighted by Gasteiger charge is 2.34. The molecule has 11 N–H and O–H groups in total. The molecule has 0 unspecified atom stereocenters. The minimum Gasteiger partial charge on any atom is -0.370 e. The van der Waals surface area contributed by atoms with Gasteiger partial charge in [-0.3, -0.25) is 48.3 Å². The summed E-state index contributed by atoms with van der Waals surface area (Å²) >= 11 is 0. The van der Waals surface area contributed by atoms with Crippen LogP contribution < -0.4 is 53.4 Å². The van der Waals surface area contributed by atoms with Gasteiger partial charge in [-0.05, 0) is 59.7 Å². The molecule has 0 radical (unpaired) electrons. The SMILES string of the molecule is CCCC[C@H](NC(=O)[C@@H](NC(C)=O)[C@@H](C)CC)C(=O)N1CCN(c2ccc3ncn(CC(=O)N[C@@H](CCCNC(=N)N)C(=O)N[C@@H](Cc4c[nH]cn4)C(=O)N[C@@H](Cc4ccc5ccccc5c4)C(=O)NC)c(=O)c3c2)CC1. The van der Waals surface area contributed by atoms with Crippen molar-refractivity contribution in [3.05, 3.63) is 101 Å². The van der Waals surface area contributed by atoms with Gasteiger partial charge < -0.3 is 57.7 Å². The second kappa shape index (κ2) is 28.0. The van der Waals surface area contributed by atoms with Crippen LogP contribution in [0, 0.1) is 11.3 Å². The van der Waals surface area contributed by atoms with Crippen LogP contribution in [0.25, 0.3) is 21.7 Å². The van der Waals surface area contributed by atoms with Crippen molar-refractivity contribution in [1.82, 2.24) is 61.6 Å². The van der Waals surface area contributed by atoms with E-state index in [2.05, 4.69) is 52.2 Å². The Morgan fingerprint density at radius 3 is 2.12 bits per heavy atom. The van der Waals surface area contributed by atoms with Crippen molar-refractivity contribution in [2.45, 2.75) is 116 Å². The number of piperazine rings is 1. The van der Waals surface area contributed by atoms with Gasteiger partial charge in [0, 0.05) is 71.4 Å². The van der Waals surface area contributed by atoms with Crippen molar-refractivity contribution in [1.29, 1.82) is 5.41 Å². The third-order valence-electron chi connectivity index (χ3n) is 13.8. The van der Waals surface area contributed by atoms with Crippen molar-refractivity contribution in [3.63, 3.8) is 0 Å². The molecule has 1 fully saturated rings. The number of amides is 7. The molecule has 77 heavy (non-hydrogen) atoms. The van der Waals surface area contributed by atoms with Gasteiger partial charge in [0.25, 0.3) is 5.56 Å². The number of benzene rings is 3. The Balaban J connectivity index is 1.14. The van der Waals surface area contributed by atoms with Gasteiger partial charge in [-0.15, -0.1) is 0 Å². The molecule has 0 saturated carbocycles. The zero-order valence-electron chi connectivity index (χ0n) is 44.4. The molecular formula is C54H73N15O8. The molecule has 3 aromatic carbocycles. The van der Waals surface area contributed by atoms with Gasteiger partial charge in [0.2, 0.25) is 41.4 Å². The highest BCUT2D eigenvalue weighted by atomic mass is 16.2. The normalized spacial score (nSPS) is 14.8. The first-order valence-corrected chi connectivity index (χ1v) is 26.2. The number of nitrogens with two attached hydrogens (primary N) is 1. The van der Waals surface area contributed by atoms with E-state index in [1.807, 2.05) is 74.2 Å². The number of unbranched alkanes of at least 4 members (excludes halogenated alkanes) is 1. The summed E-state index contributed by atoms with van der Waals surface area (Å²) in [6, 6.07) is 13.7. The number of aromatic amines is 1. The largest absolute Gasteiger partial charge is 0.370 e. The number of anilines is 1. The number of nitrogens with one attached hydrogen (secondary N) is 9. The average Bonchev–Trinajstić information content (AvgIpc) is 3.95. The lowest BCUT2D eigenvalue weighted by atomic mass is 9.97. The van der Waals surface area contributed by atoms with Crippen molar-refractivity contribution in [2.24, 2.45) is 11.7 Å². The topological polar surface area (TPSA) is 324 Å². The molecular weight excluding hydrogens is 987 g/mol. The second-order valence-electron chi connectivity index (χ2n) is 19.4. The van der Waals surface area contributed by atoms with E-state index in [0.717, 1.165) is 33.7 Å². The van der Waals surface area contributed by atoms with Crippen LogP contribution in [-0.2, 0) is 52.9 Å². The highest BCUT2D eigenvalue weighted by Crippen LogP contribution is 2.22. The van der Waals surface area contributed by atoms with Gasteiger partial charge in [0.1, 0.15) is 36.8 Å². The molecule has 6 rings (SSSR count). The fraction of sp³-hybridized carbons (Fsp3) is 0.463. The van der Waals surface area contributed by atoms with Gasteiger partial charge >= 0.3 is 0 Å². The first-order chi connectivity index (χ1) is 37.0. The predicted molar refractivity (Wildman–Crippen MR) is 292 cm³/mol. The molecule has 1 saturated heterocycles. The lowest BCUT2D eigenvalue weighted by Gasteiger charge is -2.38. The van der Waals surface area contributed by atoms with Crippen molar-refractivity contribution in [2.75, 3.05) is 44.7 Å². The number of carbonyl (C=O) groups excluding carboxylic acids is 7. The summed E-state index contributed by atoms with van der Waals surface area (Å²) in [5.74, 6) is -3.89. The quantitative estimate of drug-likeness (QED) is 0.0211. The molecule has 0 aliphatic carbocycles. The number of carbonyl (C=O) groups is 7. The molecule has 3 heterocycles. The monoisotopic (exact) mass is 1060 g/mol. The molecule has 1 aliphatic heterocycles. The van der Waals surface area contributed by atoms with Crippen LogP contribution in [0.2, 0.25) is 0 Å². The van der Waals surface area contributed by atoms with Gasteiger partial charge in [-0.25, -0.2) is 9.97 Å². The predicted octanol–water partition coefficient (Wildman–Crippen LogP) is 1.10. The first-order valence-electron chi connectivity index (χ1n) is 26.2. The van der Waals surface area contributed by atoms with E-state index in [1.165, 1.54) is 26.6 Å². The third-order valence-corrected chi connectivity index (χ3v) is 13.8. The van der Waals surface area contributed by atoms with E-state index in [4.69, 9.17) is 11.1 Å². The van der Waals surface area contributed by atoms with Crippen LogP contribution in [0.15, 0.2) is 84.3 Å². The van der Waals surface area contributed by atoms with E-state index in [1.54, 1.807) is 23.2 Å². The lowest BCUT2D eigenvalue weighted by molar-refractivity contribution is -0.138. The van der Waals surface area contributed by atoms with E-state index in [-0.39, 0.29) is 61.3 Å². The number of guanidine groups is 1. The van der Waals surface area contributed by atoms with Crippen LogP contribution in [-0.4, -0.2) is 142 Å². The number of H-pyrrole nitrogens is 1. The minimum absolute atomic E-state index is 0.0376. The zero-order chi connectivity index (χ0) is 55.6. The fourth-order valence-corrected chi connectivity index (χ4v) is 9.25. The summed E-state index contributed by atoms with van der Waals surface area (Å²) < 4.78 is 1.13. The Labute approximate surface area is 447 Å². The second-order valence-corrected chi connectivity index (χ2v) is 19.4. The molecule has 0 spiro atoms. The summed E-state index contributed by atoms with van der Waals surface area (Å²) in [6.07, 6.45) is 7.27. The van der Waals surface area contributed by atoms with Crippen LogP contribution in [0.4, 0.5) is 5.69 Å². The number of fused-ring (bicyclic) bond motifs is 2. The number of hydrogen-bond donors (Lipinski definition) is 10. The average molecular weight is 1060 g/mol. The fourth-order valence-electron chi connectivity index (χ4n) is 9.25. The molecule has 1 aliphatic rings. The summed E-state index contributed by atoms with van der Waals surface area (Å²) in [5.41, 5.74) is 7.31. The summed E-state index contributed by atoms with van der Waals surface area (Å²) in [6.45, 7) is 8.42. The lowest BCUT2D eigenvalue weighted by Crippen LogP contribution is -2.58. The summed E-state index contributed by atoms with van der Waals surface area (Å²) in [7, 11) is 1.46. The van der Waals surface area contributed by atoms with E-state index in [0.29, 0.717) is 55.9 Å². The number of hydrogen-bond acceptors (Lipinski definition) is 12. The molecule has 6 atom stereocenters. The van der Waals surface area contributed by atoms with Crippen LogP contribution in [0.3, 0.4) is 0 Å². The number of imidazole rings is 1. The van der Waals surface area contributed by atoms with Gasteiger partial charge in [-0.2, -0.15) is 0 Å². The van der Waals surface area contributed by atoms with Crippen molar-refractivity contribution >= 4 is 74.7 Å². The molecule has 7 amide bonds. The molecule has 23 nitrogen and oxygen atoms in total. The number of rotatable bonds is 26. The number of aromatic nitrogens is 4. The van der Waals surface area contributed by atoms with Gasteiger partial charge in [0.05, 0.1) is 29.3 Å². The highest BCUT2D eigenvalue weighted by molar-refractivity contribution is 5.95. The molecule has 412 valence electrons. The van der Waals surface area contributed by atoms with E-state index in [9.17, 15) is 38.4 Å². The van der Waals surface area contributed by atoms with Crippen molar-refractivity contribution < 1.29 is 33.6 Å². The third kappa shape index (κ3) is 16.3. The maximum absolute atomic E-state index is 14.3. The Morgan fingerprint density at radius 2 is 1.45 bits per heavy atom. The molecule has 23 heteroatoms. The Kier molecular flexibility index (Phi) is 21.0. The molecule has 2 aromatic heterocycles.